The number of hydrogen-bond acceptors (Lipinski definition) is 4. The lowest BCUT2D eigenvalue weighted by Gasteiger charge is -2.16. The van der Waals surface area contributed by atoms with E-state index in [2.05, 4.69) is 10.3 Å². The van der Waals surface area contributed by atoms with E-state index in [-0.39, 0.29) is 10.9 Å². The van der Waals surface area contributed by atoms with Gasteiger partial charge in [0.05, 0.1) is 5.02 Å². The molecule has 0 saturated heterocycles. The monoisotopic (exact) mass is 303 g/mol. The first-order valence-electron chi connectivity index (χ1n) is 6.34. The van der Waals surface area contributed by atoms with Gasteiger partial charge < -0.3 is 5.32 Å². The van der Waals surface area contributed by atoms with Crippen molar-refractivity contribution in [2.75, 3.05) is 18.9 Å². The van der Waals surface area contributed by atoms with Gasteiger partial charge in [0.15, 0.2) is 0 Å². The van der Waals surface area contributed by atoms with Gasteiger partial charge in [0.1, 0.15) is 10.7 Å². The number of nitrogens with zero attached hydrogens (tertiary/aromatic N) is 2. The highest BCUT2D eigenvalue weighted by Gasteiger charge is 2.35. The van der Waals surface area contributed by atoms with Crippen molar-refractivity contribution in [3.63, 3.8) is 0 Å². The zero-order chi connectivity index (χ0) is 14.0. The number of sulfonamides is 1. The van der Waals surface area contributed by atoms with E-state index in [1.54, 1.807) is 7.05 Å². The molecule has 0 aromatic carbocycles. The molecule has 1 N–H and O–H groups in total. The van der Waals surface area contributed by atoms with Crippen molar-refractivity contribution < 1.29 is 8.42 Å². The Kier molecular flexibility index (Phi) is 4.32. The smallest absolute Gasteiger partial charge is 0.244 e. The molecule has 1 saturated carbocycles. The predicted molar refractivity (Wildman–Crippen MR) is 76.0 cm³/mol. The Labute approximate surface area is 119 Å². The minimum absolute atomic E-state index is 0.127. The molecule has 1 aliphatic carbocycles. The molecule has 1 aliphatic rings. The third-order valence-electron chi connectivity index (χ3n) is 3.10. The van der Waals surface area contributed by atoms with E-state index in [4.69, 9.17) is 11.6 Å². The van der Waals surface area contributed by atoms with Crippen molar-refractivity contribution in [1.82, 2.24) is 9.29 Å². The molecule has 19 heavy (non-hydrogen) atoms. The number of aromatic nitrogens is 1. The minimum Gasteiger partial charge on any atom is -0.369 e. The van der Waals surface area contributed by atoms with Gasteiger partial charge in [-0.3, -0.25) is 0 Å². The van der Waals surface area contributed by atoms with Gasteiger partial charge in [-0.1, -0.05) is 18.5 Å². The van der Waals surface area contributed by atoms with Crippen LogP contribution in [0.4, 0.5) is 5.82 Å². The maximum Gasteiger partial charge on any atom is 0.244 e. The second-order valence-electron chi connectivity index (χ2n) is 4.68. The SMILES string of the molecule is CCCNc1ncc(S(=O)(=O)N(C)C2CC2)cc1Cl. The summed E-state index contributed by atoms with van der Waals surface area (Å²) in [6, 6.07) is 1.59. The molecule has 1 aromatic rings. The lowest BCUT2D eigenvalue weighted by molar-refractivity contribution is 0.464. The second kappa shape index (κ2) is 5.64. The van der Waals surface area contributed by atoms with E-state index in [9.17, 15) is 8.42 Å². The van der Waals surface area contributed by atoms with Crippen molar-refractivity contribution in [2.24, 2.45) is 0 Å². The fourth-order valence-corrected chi connectivity index (χ4v) is 3.42. The predicted octanol–water partition coefficient (Wildman–Crippen LogP) is 2.34. The average Bonchev–Trinajstić information content (AvgIpc) is 3.20. The summed E-state index contributed by atoms with van der Waals surface area (Å²) in [4.78, 5) is 4.24. The fraction of sp³-hybridized carbons (Fsp3) is 0.583. The van der Waals surface area contributed by atoms with E-state index in [1.165, 1.54) is 16.6 Å². The molecule has 0 atom stereocenters. The van der Waals surface area contributed by atoms with Gasteiger partial charge in [-0.05, 0) is 25.3 Å². The van der Waals surface area contributed by atoms with Crippen molar-refractivity contribution in [3.8, 4) is 0 Å². The van der Waals surface area contributed by atoms with Crippen LogP contribution in [0.25, 0.3) is 0 Å². The average molecular weight is 304 g/mol. The highest BCUT2D eigenvalue weighted by atomic mass is 35.5. The van der Waals surface area contributed by atoms with E-state index >= 15 is 0 Å². The largest absolute Gasteiger partial charge is 0.369 e. The molecular formula is C12H18ClN3O2S. The van der Waals surface area contributed by atoms with Crippen LogP contribution in [0.2, 0.25) is 5.02 Å². The number of pyridine rings is 1. The van der Waals surface area contributed by atoms with E-state index < -0.39 is 10.0 Å². The zero-order valence-corrected chi connectivity index (χ0v) is 12.6. The molecule has 1 fully saturated rings. The summed E-state index contributed by atoms with van der Waals surface area (Å²) >= 11 is 6.06. The Morgan fingerprint density at radius 2 is 2.21 bits per heavy atom. The van der Waals surface area contributed by atoms with Gasteiger partial charge in [-0.25, -0.2) is 13.4 Å². The van der Waals surface area contributed by atoms with Crippen LogP contribution in [0.3, 0.4) is 0 Å². The highest BCUT2D eigenvalue weighted by molar-refractivity contribution is 7.89. The molecule has 0 unspecified atom stereocenters. The molecular weight excluding hydrogens is 286 g/mol. The lowest BCUT2D eigenvalue weighted by atomic mass is 10.4. The minimum atomic E-state index is -3.48. The number of hydrogen-bond donors (Lipinski definition) is 1. The van der Waals surface area contributed by atoms with E-state index in [0.717, 1.165) is 25.8 Å². The molecule has 2 rings (SSSR count). The van der Waals surface area contributed by atoms with Crippen LogP contribution in [-0.4, -0.2) is 37.3 Å². The van der Waals surface area contributed by atoms with Crippen molar-refractivity contribution in [2.45, 2.75) is 37.1 Å². The summed E-state index contributed by atoms with van der Waals surface area (Å²) in [7, 11) is -1.88. The number of halogens is 1. The summed E-state index contributed by atoms with van der Waals surface area (Å²) in [6.07, 6.45) is 4.15. The Morgan fingerprint density at radius 3 is 2.74 bits per heavy atom. The van der Waals surface area contributed by atoms with Crippen LogP contribution in [0.1, 0.15) is 26.2 Å². The van der Waals surface area contributed by atoms with Crippen LogP contribution in [-0.2, 0) is 10.0 Å². The van der Waals surface area contributed by atoms with Crippen LogP contribution in [0, 0.1) is 0 Å². The highest BCUT2D eigenvalue weighted by Crippen LogP contribution is 2.31. The Morgan fingerprint density at radius 1 is 1.53 bits per heavy atom. The molecule has 1 heterocycles. The van der Waals surface area contributed by atoms with E-state index in [0.29, 0.717) is 10.8 Å². The van der Waals surface area contributed by atoms with Crippen molar-refractivity contribution in [3.05, 3.63) is 17.3 Å². The van der Waals surface area contributed by atoms with Gasteiger partial charge in [-0.2, -0.15) is 4.31 Å². The topological polar surface area (TPSA) is 62.3 Å². The molecule has 0 bridgehead atoms. The normalized spacial score (nSPS) is 15.8. The fourth-order valence-electron chi connectivity index (χ4n) is 1.74. The quantitative estimate of drug-likeness (QED) is 0.876. The lowest BCUT2D eigenvalue weighted by Crippen LogP contribution is -2.29. The number of nitrogens with one attached hydrogen (secondary N) is 1. The van der Waals surface area contributed by atoms with Gasteiger partial charge in [0, 0.05) is 25.8 Å². The van der Waals surface area contributed by atoms with Gasteiger partial charge in [-0.15, -0.1) is 0 Å². The number of rotatable bonds is 6. The molecule has 0 aliphatic heterocycles. The second-order valence-corrected chi connectivity index (χ2v) is 7.09. The van der Waals surface area contributed by atoms with Crippen molar-refractivity contribution >= 4 is 27.4 Å². The third kappa shape index (κ3) is 3.19. The summed E-state index contributed by atoms with van der Waals surface area (Å²) in [5, 5.41) is 3.39. The zero-order valence-electron chi connectivity index (χ0n) is 11.1. The van der Waals surface area contributed by atoms with Crippen molar-refractivity contribution in [1.29, 1.82) is 0 Å². The Balaban J connectivity index is 2.23. The Bertz CT molecular complexity index is 558. The van der Waals surface area contributed by atoms with Crippen LogP contribution < -0.4 is 5.32 Å². The molecule has 106 valence electrons. The van der Waals surface area contributed by atoms with Gasteiger partial charge in [0.2, 0.25) is 10.0 Å². The maximum atomic E-state index is 12.3. The molecule has 0 spiro atoms. The molecule has 0 radical (unpaired) electrons. The summed E-state index contributed by atoms with van der Waals surface area (Å²) < 4.78 is 26.0. The molecule has 5 nitrogen and oxygen atoms in total. The molecule has 1 aromatic heterocycles. The summed E-state index contributed by atoms with van der Waals surface area (Å²) in [6.45, 7) is 2.78. The van der Waals surface area contributed by atoms with Gasteiger partial charge in [0.25, 0.3) is 0 Å². The third-order valence-corrected chi connectivity index (χ3v) is 5.26. The van der Waals surface area contributed by atoms with Crippen LogP contribution in [0.5, 0.6) is 0 Å². The van der Waals surface area contributed by atoms with E-state index in [1.807, 2.05) is 6.92 Å². The Hall–Kier alpha value is -0.850. The standard InChI is InChI=1S/C12H18ClN3O2S/c1-3-6-14-12-11(13)7-10(8-15-12)19(17,18)16(2)9-4-5-9/h7-9H,3-6H2,1-2H3,(H,14,15). The summed E-state index contributed by atoms with van der Waals surface area (Å²) in [5.41, 5.74) is 0. The summed E-state index contributed by atoms with van der Waals surface area (Å²) in [5.74, 6) is 0.525. The van der Waals surface area contributed by atoms with Crippen LogP contribution >= 0.6 is 11.6 Å². The maximum absolute atomic E-state index is 12.3. The first-order valence-corrected chi connectivity index (χ1v) is 8.16. The number of anilines is 1. The molecule has 0 amide bonds. The van der Waals surface area contributed by atoms with Crippen LogP contribution in [0.15, 0.2) is 17.2 Å². The van der Waals surface area contributed by atoms with Gasteiger partial charge >= 0.3 is 0 Å². The first kappa shape index (κ1) is 14.6. The molecule has 7 heteroatoms. The first-order chi connectivity index (χ1) is 8.96.